The summed E-state index contributed by atoms with van der Waals surface area (Å²) < 4.78 is 0. The van der Waals surface area contributed by atoms with Gasteiger partial charge < -0.3 is 10.4 Å². The molecule has 0 saturated heterocycles. The second kappa shape index (κ2) is 6.99. The Kier molecular flexibility index (Phi) is 5.05. The fourth-order valence-corrected chi connectivity index (χ4v) is 2.69. The summed E-state index contributed by atoms with van der Waals surface area (Å²) >= 11 is 1.57. The first-order chi connectivity index (χ1) is 10.1. The Balaban J connectivity index is 1.94. The van der Waals surface area contributed by atoms with Crippen molar-refractivity contribution in [3.63, 3.8) is 0 Å². The Labute approximate surface area is 126 Å². The van der Waals surface area contributed by atoms with E-state index in [1.54, 1.807) is 29.5 Å². The maximum Gasteiger partial charge on any atom is 0.335 e. The van der Waals surface area contributed by atoms with Crippen molar-refractivity contribution in [3.05, 3.63) is 51.5 Å². The number of carboxylic acids is 1. The highest BCUT2D eigenvalue weighted by Crippen LogP contribution is 2.13. The summed E-state index contributed by atoms with van der Waals surface area (Å²) in [5.41, 5.74) is 0.672. The highest BCUT2D eigenvalue weighted by atomic mass is 32.1. The molecule has 0 spiro atoms. The number of benzene rings is 1. The van der Waals surface area contributed by atoms with E-state index in [4.69, 9.17) is 5.11 Å². The van der Waals surface area contributed by atoms with E-state index in [0.717, 1.165) is 11.4 Å². The molecule has 0 unspecified atom stereocenters. The average molecular weight is 304 g/mol. The fourth-order valence-electron chi connectivity index (χ4n) is 1.89. The van der Waals surface area contributed by atoms with Crippen molar-refractivity contribution in [3.8, 4) is 0 Å². The third-order valence-electron chi connectivity index (χ3n) is 2.99. The summed E-state index contributed by atoms with van der Waals surface area (Å²) in [5.74, 6) is -1.23. The smallest absolute Gasteiger partial charge is 0.335 e. The zero-order valence-corrected chi connectivity index (χ0v) is 12.4. The van der Waals surface area contributed by atoms with E-state index in [1.807, 2.05) is 6.20 Å². The normalized spacial score (nSPS) is 10.3. The second-order valence-electron chi connectivity index (χ2n) is 4.49. The molecule has 5 nitrogen and oxygen atoms in total. The lowest BCUT2D eigenvalue weighted by molar-refractivity contribution is -0.120. The topological polar surface area (TPSA) is 79.3 Å². The maximum absolute atomic E-state index is 11.9. The molecule has 2 aromatic rings. The van der Waals surface area contributed by atoms with Crippen LogP contribution in [0.15, 0.2) is 30.5 Å². The lowest BCUT2D eigenvalue weighted by Gasteiger charge is -2.06. The number of thiazole rings is 1. The number of carbonyl (C=O) groups is 2. The predicted octanol–water partition coefficient (Wildman–Crippen LogP) is 2.26. The van der Waals surface area contributed by atoms with E-state index in [1.165, 1.54) is 10.9 Å². The maximum atomic E-state index is 11.9. The Morgan fingerprint density at radius 2 is 2.10 bits per heavy atom. The molecular weight excluding hydrogens is 288 g/mol. The molecule has 110 valence electrons. The van der Waals surface area contributed by atoms with E-state index in [-0.39, 0.29) is 17.9 Å². The van der Waals surface area contributed by atoms with Gasteiger partial charge in [0.1, 0.15) is 5.01 Å². The third-order valence-corrected chi connectivity index (χ3v) is 4.13. The molecular formula is C15H16N2O3S. The Morgan fingerprint density at radius 3 is 2.76 bits per heavy atom. The first kappa shape index (κ1) is 15.2. The number of aryl methyl sites for hydroxylation is 1. The van der Waals surface area contributed by atoms with Gasteiger partial charge in [-0.1, -0.05) is 25.1 Å². The Morgan fingerprint density at radius 1 is 1.33 bits per heavy atom. The largest absolute Gasteiger partial charge is 0.478 e. The minimum atomic E-state index is -1.02. The first-order valence-electron chi connectivity index (χ1n) is 6.61. The van der Waals surface area contributed by atoms with Crippen LogP contribution in [0.1, 0.15) is 32.7 Å². The van der Waals surface area contributed by atoms with Crippen LogP contribution in [0.3, 0.4) is 0 Å². The predicted molar refractivity (Wildman–Crippen MR) is 80.4 cm³/mol. The SMILES string of the molecule is CCc1cnc(CNC(=O)Cc2ccccc2C(=O)O)s1. The molecule has 0 atom stereocenters. The van der Waals surface area contributed by atoms with E-state index in [0.29, 0.717) is 12.1 Å². The molecule has 0 aliphatic rings. The first-order valence-corrected chi connectivity index (χ1v) is 7.43. The summed E-state index contributed by atoms with van der Waals surface area (Å²) in [6, 6.07) is 6.52. The number of carboxylic acid groups (broad SMARTS) is 1. The van der Waals surface area contributed by atoms with Crippen LogP contribution in [0.5, 0.6) is 0 Å². The number of hydrogen-bond acceptors (Lipinski definition) is 4. The monoisotopic (exact) mass is 304 g/mol. The van der Waals surface area contributed by atoms with Gasteiger partial charge in [-0.15, -0.1) is 11.3 Å². The van der Waals surface area contributed by atoms with Crippen molar-refractivity contribution < 1.29 is 14.7 Å². The molecule has 2 rings (SSSR count). The number of aromatic carboxylic acids is 1. The van der Waals surface area contributed by atoms with Gasteiger partial charge in [0.05, 0.1) is 18.5 Å². The van der Waals surface area contributed by atoms with Gasteiger partial charge in [0.15, 0.2) is 0 Å². The van der Waals surface area contributed by atoms with Gasteiger partial charge >= 0.3 is 5.97 Å². The minimum absolute atomic E-state index is 0.0501. The molecule has 21 heavy (non-hydrogen) atoms. The molecule has 2 N–H and O–H groups in total. The Bertz CT molecular complexity index is 652. The summed E-state index contributed by atoms with van der Waals surface area (Å²) in [4.78, 5) is 28.4. The summed E-state index contributed by atoms with van der Waals surface area (Å²) in [6.07, 6.45) is 2.79. The van der Waals surface area contributed by atoms with Crippen LogP contribution in [0.25, 0.3) is 0 Å². The van der Waals surface area contributed by atoms with Gasteiger partial charge in [-0.05, 0) is 18.1 Å². The average Bonchev–Trinajstić information content (AvgIpc) is 2.93. The van der Waals surface area contributed by atoms with Crippen molar-refractivity contribution in [2.75, 3.05) is 0 Å². The molecule has 0 fully saturated rings. The van der Waals surface area contributed by atoms with Crippen LogP contribution in [0.2, 0.25) is 0 Å². The van der Waals surface area contributed by atoms with Crippen LogP contribution in [-0.2, 0) is 24.2 Å². The molecule has 1 aromatic carbocycles. The minimum Gasteiger partial charge on any atom is -0.478 e. The number of rotatable bonds is 6. The summed E-state index contributed by atoms with van der Waals surface area (Å²) in [6.45, 7) is 2.43. The third kappa shape index (κ3) is 4.13. The quantitative estimate of drug-likeness (QED) is 0.858. The van der Waals surface area contributed by atoms with Crippen molar-refractivity contribution >= 4 is 23.2 Å². The Hall–Kier alpha value is -2.21. The standard InChI is InChI=1S/C15H16N2O3S/c1-2-11-8-17-14(21-11)9-16-13(18)7-10-5-3-4-6-12(10)15(19)20/h3-6,8H,2,7,9H2,1H3,(H,16,18)(H,19,20). The molecule has 0 radical (unpaired) electrons. The number of carbonyl (C=O) groups excluding carboxylic acids is 1. The number of hydrogen-bond donors (Lipinski definition) is 2. The fraction of sp³-hybridized carbons (Fsp3) is 0.267. The van der Waals surface area contributed by atoms with Gasteiger partial charge in [-0.3, -0.25) is 4.79 Å². The second-order valence-corrected chi connectivity index (χ2v) is 5.69. The number of aromatic nitrogens is 1. The van der Waals surface area contributed by atoms with Crippen molar-refractivity contribution in [1.82, 2.24) is 10.3 Å². The molecule has 1 heterocycles. The zero-order chi connectivity index (χ0) is 15.2. The van der Waals surface area contributed by atoms with Crippen LogP contribution < -0.4 is 5.32 Å². The van der Waals surface area contributed by atoms with E-state index >= 15 is 0 Å². The van der Waals surface area contributed by atoms with Crippen molar-refractivity contribution in [2.45, 2.75) is 26.3 Å². The van der Waals surface area contributed by atoms with Gasteiger partial charge in [-0.25, -0.2) is 9.78 Å². The van der Waals surface area contributed by atoms with Gasteiger partial charge in [0.2, 0.25) is 5.91 Å². The van der Waals surface area contributed by atoms with Crippen molar-refractivity contribution in [2.24, 2.45) is 0 Å². The number of amides is 1. The summed E-state index contributed by atoms with van der Waals surface area (Å²) in [5, 5.41) is 12.7. The van der Waals surface area contributed by atoms with E-state index in [2.05, 4.69) is 17.2 Å². The van der Waals surface area contributed by atoms with Crippen LogP contribution in [-0.4, -0.2) is 22.0 Å². The summed E-state index contributed by atoms with van der Waals surface area (Å²) in [7, 11) is 0. The molecule has 0 bridgehead atoms. The molecule has 1 aromatic heterocycles. The zero-order valence-electron chi connectivity index (χ0n) is 11.6. The molecule has 0 aliphatic carbocycles. The van der Waals surface area contributed by atoms with Crippen molar-refractivity contribution in [1.29, 1.82) is 0 Å². The molecule has 0 aliphatic heterocycles. The highest BCUT2D eigenvalue weighted by molar-refractivity contribution is 7.11. The van der Waals surface area contributed by atoms with Gasteiger partial charge in [-0.2, -0.15) is 0 Å². The number of nitrogens with zero attached hydrogens (tertiary/aromatic N) is 1. The van der Waals surface area contributed by atoms with E-state index in [9.17, 15) is 9.59 Å². The van der Waals surface area contributed by atoms with E-state index < -0.39 is 5.97 Å². The van der Waals surface area contributed by atoms with Crippen LogP contribution in [0, 0.1) is 0 Å². The lowest BCUT2D eigenvalue weighted by atomic mass is 10.0. The molecule has 0 saturated carbocycles. The molecule has 6 heteroatoms. The van der Waals surface area contributed by atoms with Crippen LogP contribution in [0.4, 0.5) is 0 Å². The highest BCUT2D eigenvalue weighted by Gasteiger charge is 2.12. The van der Waals surface area contributed by atoms with Crippen LogP contribution >= 0.6 is 11.3 Å². The lowest BCUT2D eigenvalue weighted by Crippen LogP contribution is -2.25. The van der Waals surface area contributed by atoms with Gasteiger partial charge in [0.25, 0.3) is 0 Å². The molecule has 1 amide bonds. The van der Waals surface area contributed by atoms with Gasteiger partial charge in [0, 0.05) is 11.1 Å². The number of nitrogens with one attached hydrogen (secondary N) is 1.